The summed E-state index contributed by atoms with van der Waals surface area (Å²) < 4.78 is 11.3. The van der Waals surface area contributed by atoms with Crippen molar-refractivity contribution in [2.75, 3.05) is 46.4 Å². The van der Waals surface area contributed by atoms with Crippen LogP contribution in [0.15, 0.2) is 83.9 Å². The number of aliphatic imine (C=N–C) groups is 1. The average Bonchev–Trinajstić information content (AvgIpc) is 3.47. The zero-order chi connectivity index (χ0) is 30.5. The quantitative estimate of drug-likeness (QED) is 0.329. The van der Waals surface area contributed by atoms with Crippen LogP contribution in [0, 0.1) is 0 Å². The van der Waals surface area contributed by atoms with Crippen LogP contribution in [0.25, 0.3) is 0 Å². The molecule has 3 amide bonds. The summed E-state index contributed by atoms with van der Waals surface area (Å²) in [6.07, 6.45) is -0.0308. The third-order valence-electron chi connectivity index (χ3n) is 6.30. The number of hydrogen-bond acceptors (Lipinski definition) is 5. The first-order valence-electron chi connectivity index (χ1n) is 13.9. The fourth-order valence-electron chi connectivity index (χ4n) is 4.24. The van der Waals surface area contributed by atoms with E-state index in [1.165, 1.54) is 0 Å². The van der Waals surface area contributed by atoms with E-state index in [9.17, 15) is 9.59 Å². The van der Waals surface area contributed by atoms with Crippen molar-refractivity contribution >= 4 is 41.0 Å². The molecular formula is C32H38Cl2N4O4. The highest BCUT2D eigenvalue weighted by Gasteiger charge is 2.34. The average molecular weight is 614 g/mol. The van der Waals surface area contributed by atoms with E-state index >= 15 is 0 Å². The lowest BCUT2D eigenvalue weighted by Crippen LogP contribution is -2.55. The molecule has 3 aromatic rings. The topological polar surface area (TPSA) is 74.7 Å². The first-order valence-corrected chi connectivity index (χ1v) is 14.6. The first-order chi connectivity index (χ1) is 20.2. The van der Waals surface area contributed by atoms with Crippen LogP contribution >= 0.6 is 23.2 Å². The molecule has 0 saturated carbocycles. The van der Waals surface area contributed by atoms with Gasteiger partial charge >= 0.3 is 6.03 Å². The molecule has 2 aliphatic rings. The van der Waals surface area contributed by atoms with Crippen molar-refractivity contribution in [2.45, 2.75) is 26.9 Å². The molecule has 10 heteroatoms. The summed E-state index contributed by atoms with van der Waals surface area (Å²) in [5.74, 6) is 1.86. The van der Waals surface area contributed by atoms with Gasteiger partial charge < -0.3 is 19.3 Å². The summed E-state index contributed by atoms with van der Waals surface area (Å²) in [7, 11) is 1.60. The van der Waals surface area contributed by atoms with Gasteiger partial charge in [-0.3, -0.25) is 14.7 Å². The van der Waals surface area contributed by atoms with Gasteiger partial charge in [-0.2, -0.15) is 0 Å². The maximum absolute atomic E-state index is 13.1. The smallest absolute Gasteiger partial charge is 0.326 e. The van der Waals surface area contributed by atoms with Crippen LogP contribution in [0.2, 0.25) is 10.0 Å². The zero-order valence-corrected chi connectivity index (χ0v) is 26.0. The summed E-state index contributed by atoms with van der Waals surface area (Å²) >= 11 is 11.1. The van der Waals surface area contributed by atoms with Gasteiger partial charge in [-0.05, 0) is 57.2 Å². The Morgan fingerprint density at radius 1 is 0.929 bits per heavy atom. The molecule has 2 aliphatic heterocycles. The molecule has 3 aromatic carbocycles. The van der Waals surface area contributed by atoms with Crippen LogP contribution in [0.5, 0.6) is 11.5 Å². The van der Waals surface area contributed by atoms with Crippen molar-refractivity contribution in [3.05, 3.63) is 94.5 Å². The fourth-order valence-corrected chi connectivity index (χ4v) is 4.53. The van der Waals surface area contributed by atoms with Crippen molar-refractivity contribution in [1.29, 1.82) is 0 Å². The van der Waals surface area contributed by atoms with Crippen LogP contribution in [0.4, 0.5) is 4.79 Å². The van der Waals surface area contributed by atoms with E-state index in [2.05, 4.69) is 4.99 Å². The number of urea groups is 1. The molecule has 0 N–H and O–H groups in total. The van der Waals surface area contributed by atoms with Gasteiger partial charge in [0.1, 0.15) is 23.9 Å². The largest absolute Gasteiger partial charge is 0.497 e. The van der Waals surface area contributed by atoms with Crippen molar-refractivity contribution in [1.82, 2.24) is 14.7 Å². The number of carbonyl (C=O) groups excluding carboxylic acids is 2. The molecule has 224 valence electrons. The van der Waals surface area contributed by atoms with Crippen molar-refractivity contribution in [3.63, 3.8) is 0 Å². The molecule has 0 aliphatic carbocycles. The molecule has 0 radical (unpaired) electrons. The van der Waals surface area contributed by atoms with Gasteiger partial charge in [-0.25, -0.2) is 4.79 Å². The molecule has 42 heavy (non-hydrogen) atoms. The van der Waals surface area contributed by atoms with Gasteiger partial charge in [0, 0.05) is 42.3 Å². The Bertz CT molecular complexity index is 1290. The molecule has 0 unspecified atom stereocenters. The molecule has 1 fully saturated rings. The van der Waals surface area contributed by atoms with Gasteiger partial charge in [0.05, 0.1) is 25.3 Å². The lowest BCUT2D eigenvalue weighted by molar-refractivity contribution is -0.134. The number of amidine groups is 1. The molecule has 0 aromatic heterocycles. The monoisotopic (exact) mass is 612 g/mol. The molecule has 0 bridgehead atoms. The second-order valence-electron chi connectivity index (χ2n) is 9.65. The Balaban J connectivity index is 0.000000280. The summed E-state index contributed by atoms with van der Waals surface area (Å²) in [5.41, 5.74) is 0.749. The lowest BCUT2D eigenvalue weighted by atomic mass is 10.1. The van der Waals surface area contributed by atoms with Crippen LogP contribution in [-0.4, -0.2) is 85.0 Å². The van der Waals surface area contributed by atoms with E-state index in [1.807, 2.05) is 99.6 Å². The van der Waals surface area contributed by atoms with Gasteiger partial charge in [-0.1, -0.05) is 59.6 Å². The number of halogens is 2. The predicted octanol–water partition coefficient (Wildman–Crippen LogP) is 6.51. The number of nitrogens with zero attached hydrogens (tertiary/aromatic N) is 4. The molecule has 1 saturated heterocycles. The number of hydrogen-bond donors (Lipinski definition) is 0. The van der Waals surface area contributed by atoms with Crippen LogP contribution in [-0.2, 0) is 4.79 Å². The summed E-state index contributed by atoms with van der Waals surface area (Å²) in [6.45, 7) is 8.71. The highest BCUT2D eigenvalue weighted by atomic mass is 35.5. The number of benzene rings is 3. The van der Waals surface area contributed by atoms with Crippen LogP contribution in [0.1, 0.15) is 26.3 Å². The van der Waals surface area contributed by atoms with Gasteiger partial charge in [0.2, 0.25) is 5.91 Å². The zero-order valence-electron chi connectivity index (χ0n) is 24.5. The van der Waals surface area contributed by atoms with Crippen LogP contribution in [0.3, 0.4) is 0 Å². The van der Waals surface area contributed by atoms with E-state index in [4.69, 9.17) is 32.7 Å². The van der Waals surface area contributed by atoms with Crippen molar-refractivity contribution < 1.29 is 19.1 Å². The second kappa shape index (κ2) is 16.6. The number of likely N-dealkylation sites (N-methyl/N-ethyl adjacent to an activating group) is 1. The van der Waals surface area contributed by atoms with E-state index in [-0.39, 0.29) is 24.6 Å². The van der Waals surface area contributed by atoms with Crippen molar-refractivity contribution in [3.8, 4) is 11.5 Å². The van der Waals surface area contributed by atoms with Gasteiger partial charge in [0.15, 0.2) is 0 Å². The van der Waals surface area contributed by atoms with E-state index < -0.39 is 0 Å². The Hall–Kier alpha value is -3.75. The van der Waals surface area contributed by atoms with E-state index in [0.29, 0.717) is 50.1 Å². The summed E-state index contributed by atoms with van der Waals surface area (Å²) in [6, 6.07) is 24.2. The third-order valence-corrected chi connectivity index (χ3v) is 6.81. The summed E-state index contributed by atoms with van der Waals surface area (Å²) in [4.78, 5) is 34.9. The highest BCUT2D eigenvalue weighted by Crippen LogP contribution is 2.29. The van der Waals surface area contributed by atoms with Gasteiger partial charge in [0.25, 0.3) is 0 Å². The number of ether oxygens (including phenoxy) is 2. The SMILES string of the molecule is CCN1CCN(C(=O)N2CCN=C2c2ccc(OC)cc2OC(C)C)CC1=O.Clc1ccccc1.Clc1ccccc1. The molecule has 0 spiro atoms. The molecule has 0 atom stereocenters. The van der Waals surface area contributed by atoms with Crippen LogP contribution < -0.4 is 9.47 Å². The standard InChI is InChI=1S/C20H28N4O4.2C6H5Cl/c1-5-22-10-11-23(13-18(22)25)20(26)24-9-8-21-19(24)16-7-6-15(27-4)12-17(16)28-14(2)3;2*7-6-4-2-1-3-5-6/h6-7,12,14H,5,8-11,13H2,1-4H3;2*1-5H. The minimum absolute atomic E-state index is 0.0203. The first kappa shape index (κ1) is 32.8. The Labute approximate surface area is 258 Å². The predicted molar refractivity (Wildman–Crippen MR) is 169 cm³/mol. The second-order valence-corrected chi connectivity index (χ2v) is 10.5. The third kappa shape index (κ3) is 9.67. The highest BCUT2D eigenvalue weighted by molar-refractivity contribution is 6.30. The Morgan fingerprint density at radius 3 is 2.02 bits per heavy atom. The number of carbonyl (C=O) groups is 2. The molecule has 8 nitrogen and oxygen atoms in total. The minimum atomic E-state index is -0.188. The maximum Gasteiger partial charge on any atom is 0.326 e. The molecular weight excluding hydrogens is 575 g/mol. The molecule has 2 heterocycles. The number of rotatable bonds is 5. The Kier molecular flexibility index (Phi) is 13.0. The van der Waals surface area contributed by atoms with Gasteiger partial charge in [-0.15, -0.1) is 0 Å². The maximum atomic E-state index is 13.1. The summed E-state index contributed by atoms with van der Waals surface area (Å²) in [5, 5.41) is 1.59. The van der Waals surface area contributed by atoms with E-state index in [1.54, 1.807) is 21.8 Å². The number of methoxy groups -OCH3 is 1. The van der Waals surface area contributed by atoms with E-state index in [0.717, 1.165) is 15.6 Å². The minimum Gasteiger partial charge on any atom is -0.497 e. The lowest BCUT2D eigenvalue weighted by Gasteiger charge is -2.36. The Morgan fingerprint density at radius 2 is 1.55 bits per heavy atom. The number of amides is 3. The number of piperazine rings is 1. The normalized spacial score (nSPS) is 14.4. The van der Waals surface area contributed by atoms with Crippen molar-refractivity contribution in [2.24, 2.45) is 4.99 Å². The molecule has 5 rings (SSSR count). The fraction of sp³-hybridized carbons (Fsp3) is 0.344.